The van der Waals surface area contributed by atoms with E-state index in [1.54, 1.807) is 12.1 Å². The Bertz CT molecular complexity index is 414. The van der Waals surface area contributed by atoms with E-state index in [1.165, 1.54) is 6.07 Å². The van der Waals surface area contributed by atoms with Gasteiger partial charge in [-0.1, -0.05) is 30.7 Å². The largest absolute Gasteiger partial charge is 0.298 e. The number of nitrogens with zero attached hydrogens (tertiary/aromatic N) is 2. The van der Waals surface area contributed by atoms with Crippen LogP contribution in [0.2, 0.25) is 5.02 Å². The fourth-order valence-electron chi connectivity index (χ4n) is 1.65. The molecule has 1 unspecified atom stereocenters. The van der Waals surface area contributed by atoms with Crippen molar-refractivity contribution in [3.05, 3.63) is 34.6 Å². The van der Waals surface area contributed by atoms with Crippen LogP contribution in [-0.4, -0.2) is 18.0 Å². The summed E-state index contributed by atoms with van der Waals surface area (Å²) in [4.78, 5) is 2.03. The third-order valence-corrected chi connectivity index (χ3v) is 2.92. The second-order valence-electron chi connectivity index (χ2n) is 4.07. The lowest BCUT2D eigenvalue weighted by Crippen LogP contribution is -2.28. The van der Waals surface area contributed by atoms with Gasteiger partial charge in [-0.05, 0) is 19.5 Å². The Kier molecular flexibility index (Phi) is 5.40. The molecule has 0 saturated carbocycles. The van der Waals surface area contributed by atoms with E-state index in [0.29, 0.717) is 18.7 Å². The summed E-state index contributed by atoms with van der Waals surface area (Å²) in [6.45, 7) is 5.75. The van der Waals surface area contributed by atoms with E-state index in [4.69, 9.17) is 16.9 Å². The van der Waals surface area contributed by atoms with Crippen LogP contribution < -0.4 is 0 Å². The first-order valence-electron chi connectivity index (χ1n) is 5.63. The quantitative estimate of drug-likeness (QED) is 0.805. The van der Waals surface area contributed by atoms with Gasteiger partial charge in [0.25, 0.3) is 0 Å². The number of nitriles is 1. The zero-order valence-corrected chi connectivity index (χ0v) is 10.8. The van der Waals surface area contributed by atoms with Crippen LogP contribution in [0.4, 0.5) is 4.39 Å². The lowest BCUT2D eigenvalue weighted by atomic mass is 10.1. The molecule has 0 aliphatic rings. The van der Waals surface area contributed by atoms with Crippen LogP contribution in [0.25, 0.3) is 0 Å². The van der Waals surface area contributed by atoms with Crippen LogP contribution >= 0.6 is 11.6 Å². The summed E-state index contributed by atoms with van der Waals surface area (Å²) in [6.07, 6.45) is 0. The molecule has 0 bridgehead atoms. The van der Waals surface area contributed by atoms with Gasteiger partial charge in [-0.25, -0.2) is 4.39 Å². The maximum Gasteiger partial charge on any atom is 0.146 e. The van der Waals surface area contributed by atoms with E-state index in [0.717, 1.165) is 6.54 Å². The van der Waals surface area contributed by atoms with Gasteiger partial charge >= 0.3 is 0 Å². The lowest BCUT2D eigenvalue weighted by Gasteiger charge is -2.21. The zero-order valence-electron chi connectivity index (χ0n) is 10.1. The highest BCUT2D eigenvalue weighted by Gasteiger charge is 2.12. The van der Waals surface area contributed by atoms with Gasteiger partial charge in [-0.15, -0.1) is 0 Å². The summed E-state index contributed by atoms with van der Waals surface area (Å²) >= 11 is 5.73. The van der Waals surface area contributed by atoms with Crippen LogP contribution in [0.3, 0.4) is 0 Å². The van der Waals surface area contributed by atoms with Crippen molar-refractivity contribution in [2.75, 3.05) is 13.1 Å². The highest BCUT2D eigenvalue weighted by molar-refractivity contribution is 6.30. The molecule has 0 aliphatic carbocycles. The monoisotopic (exact) mass is 254 g/mol. The Morgan fingerprint density at radius 1 is 1.53 bits per heavy atom. The molecule has 92 valence electrons. The Hall–Kier alpha value is -1.11. The molecule has 0 aliphatic heterocycles. The van der Waals surface area contributed by atoms with Gasteiger partial charge in [0.15, 0.2) is 0 Å². The summed E-state index contributed by atoms with van der Waals surface area (Å²) in [5, 5.41) is 8.92. The maximum atomic E-state index is 13.7. The summed E-state index contributed by atoms with van der Waals surface area (Å²) in [6, 6.07) is 7.18. The Morgan fingerprint density at radius 2 is 2.24 bits per heavy atom. The van der Waals surface area contributed by atoms with Crippen molar-refractivity contribution in [3.8, 4) is 6.07 Å². The van der Waals surface area contributed by atoms with Crippen molar-refractivity contribution in [3.63, 3.8) is 0 Å². The summed E-state index contributed by atoms with van der Waals surface area (Å²) in [5.74, 6) is -0.422. The van der Waals surface area contributed by atoms with Crippen LogP contribution in [-0.2, 0) is 6.54 Å². The summed E-state index contributed by atoms with van der Waals surface area (Å²) in [5.41, 5.74) is 0.574. The van der Waals surface area contributed by atoms with E-state index in [2.05, 4.69) is 6.07 Å². The molecule has 1 rings (SSSR count). The summed E-state index contributed by atoms with van der Waals surface area (Å²) < 4.78 is 13.7. The number of benzene rings is 1. The normalized spacial score (nSPS) is 12.5. The topological polar surface area (TPSA) is 27.0 Å². The standard InChI is InChI=1S/C13H16ClFN2/c1-3-17(8-10(2)7-16)9-11-5-4-6-12(14)13(11)15/h4-6,10H,3,8-9H2,1-2H3. The van der Waals surface area contributed by atoms with Gasteiger partial charge < -0.3 is 0 Å². The number of rotatable bonds is 5. The van der Waals surface area contributed by atoms with Crippen molar-refractivity contribution in [2.45, 2.75) is 20.4 Å². The molecular formula is C13H16ClFN2. The average molecular weight is 255 g/mol. The highest BCUT2D eigenvalue weighted by atomic mass is 35.5. The Labute approximate surface area is 107 Å². The van der Waals surface area contributed by atoms with Crippen LogP contribution in [0, 0.1) is 23.1 Å². The molecule has 0 amide bonds. The zero-order chi connectivity index (χ0) is 12.8. The minimum atomic E-state index is -0.364. The van der Waals surface area contributed by atoms with E-state index in [-0.39, 0.29) is 16.8 Å². The molecule has 0 fully saturated rings. The number of halogens is 2. The first-order chi connectivity index (χ1) is 8.08. The smallest absolute Gasteiger partial charge is 0.146 e. The Balaban J connectivity index is 2.74. The van der Waals surface area contributed by atoms with E-state index < -0.39 is 0 Å². The molecule has 0 heterocycles. The first kappa shape index (κ1) is 14.0. The van der Waals surface area contributed by atoms with Gasteiger partial charge in [0, 0.05) is 18.7 Å². The van der Waals surface area contributed by atoms with Gasteiger partial charge in [-0.3, -0.25) is 4.90 Å². The molecule has 0 spiro atoms. The minimum absolute atomic E-state index is 0.0582. The van der Waals surface area contributed by atoms with E-state index in [9.17, 15) is 4.39 Å². The minimum Gasteiger partial charge on any atom is -0.298 e. The molecule has 17 heavy (non-hydrogen) atoms. The fraction of sp³-hybridized carbons (Fsp3) is 0.462. The second-order valence-corrected chi connectivity index (χ2v) is 4.48. The molecule has 1 atom stereocenters. The van der Waals surface area contributed by atoms with E-state index >= 15 is 0 Å². The molecule has 1 aromatic carbocycles. The molecule has 0 radical (unpaired) electrons. The molecule has 1 aromatic rings. The van der Waals surface area contributed by atoms with Crippen LogP contribution in [0.15, 0.2) is 18.2 Å². The maximum absolute atomic E-state index is 13.7. The van der Waals surface area contributed by atoms with Crippen LogP contribution in [0.1, 0.15) is 19.4 Å². The molecule has 4 heteroatoms. The van der Waals surface area contributed by atoms with E-state index in [1.807, 2.05) is 18.7 Å². The molecular weight excluding hydrogens is 239 g/mol. The molecule has 0 saturated heterocycles. The fourth-order valence-corrected chi connectivity index (χ4v) is 1.84. The number of hydrogen-bond donors (Lipinski definition) is 0. The van der Waals surface area contributed by atoms with Crippen molar-refractivity contribution in [2.24, 2.45) is 5.92 Å². The summed E-state index contributed by atoms with van der Waals surface area (Å²) in [7, 11) is 0. The van der Waals surface area contributed by atoms with Crippen molar-refractivity contribution in [1.29, 1.82) is 5.26 Å². The van der Waals surface area contributed by atoms with Gasteiger partial charge in [0.05, 0.1) is 17.0 Å². The van der Waals surface area contributed by atoms with Gasteiger partial charge in [0.2, 0.25) is 0 Å². The first-order valence-corrected chi connectivity index (χ1v) is 6.01. The lowest BCUT2D eigenvalue weighted by molar-refractivity contribution is 0.257. The second kappa shape index (κ2) is 6.58. The van der Waals surface area contributed by atoms with Gasteiger partial charge in [0.1, 0.15) is 5.82 Å². The molecule has 0 N–H and O–H groups in total. The Morgan fingerprint density at radius 3 is 2.82 bits per heavy atom. The van der Waals surface area contributed by atoms with Crippen LogP contribution in [0.5, 0.6) is 0 Å². The third kappa shape index (κ3) is 3.99. The van der Waals surface area contributed by atoms with Gasteiger partial charge in [-0.2, -0.15) is 5.26 Å². The molecule has 0 aromatic heterocycles. The SMILES string of the molecule is CCN(Cc1cccc(Cl)c1F)CC(C)C#N. The predicted octanol–water partition coefficient (Wildman–Crippen LogP) is 3.46. The molecule has 2 nitrogen and oxygen atoms in total. The van der Waals surface area contributed by atoms with Crippen molar-refractivity contribution in [1.82, 2.24) is 4.90 Å². The third-order valence-electron chi connectivity index (χ3n) is 2.63. The predicted molar refractivity (Wildman–Crippen MR) is 67.1 cm³/mol. The highest BCUT2D eigenvalue weighted by Crippen LogP contribution is 2.19. The van der Waals surface area contributed by atoms with Crippen molar-refractivity contribution < 1.29 is 4.39 Å². The number of hydrogen-bond acceptors (Lipinski definition) is 2. The average Bonchev–Trinajstić information content (AvgIpc) is 2.33. The van der Waals surface area contributed by atoms with Crippen molar-refractivity contribution >= 4 is 11.6 Å².